The molecule has 0 bridgehead atoms. The first kappa shape index (κ1) is 27.3. The van der Waals surface area contributed by atoms with Gasteiger partial charge in [-0.2, -0.15) is 13.2 Å². The summed E-state index contributed by atoms with van der Waals surface area (Å²) in [6, 6.07) is 6.46. The topological polar surface area (TPSA) is 24.5 Å². The zero-order valence-corrected chi connectivity index (χ0v) is 17.4. The molecule has 3 rings (SSSR count). The largest absolute Gasteiger partial charge is 0.573 e. The SMILES string of the molecule is Cl.Cl.Fc1cc(C(F)(F)F)ccc1[C@H](c1ccc(OC(F)(F)F)cc1)N1CCNCC1. The first-order valence-corrected chi connectivity index (χ1v) is 8.72. The minimum Gasteiger partial charge on any atom is -0.406 e. The van der Waals surface area contributed by atoms with Gasteiger partial charge in [-0.25, -0.2) is 4.39 Å². The summed E-state index contributed by atoms with van der Waals surface area (Å²) in [5.74, 6) is -1.47. The quantitative estimate of drug-likeness (QED) is 0.561. The molecule has 2 aromatic carbocycles. The third kappa shape index (κ3) is 7.13. The maximum atomic E-state index is 14.7. The molecule has 0 spiro atoms. The van der Waals surface area contributed by atoms with Crippen molar-refractivity contribution in [2.75, 3.05) is 26.2 Å². The summed E-state index contributed by atoms with van der Waals surface area (Å²) in [5, 5.41) is 3.12. The number of nitrogens with zero attached hydrogens (tertiary/aromatic N) is 1. The van der Waals surface area contributed by atoms with Gasteiger partial charge in [0, 0.05) is 31.7 Å². The number of hydrogen-bond donors (Lipinski definition) is 1. The zero-order chi connectivity index (χ0) is 21.2. The van der Waals surface area contributed by atoms with Crippen molar-refractivity contribution >= 4 is 24.8 Å². The van der Waals surface area contributed by atoms with Crippen LogP contribution in [0, 0.1) is 5.82 Å². The summed E-state index contributed by atoms with van der Waals surface area (Å²) in [6.45, 7) is 2.17. The molecule has 1 atom stereocenters. The molecule has 0 unspecified atom stereocenters. The Balaban J connectivity index is 0.00000240. The lowest BCUT2D eigenvalue weighted by Crippen LogP contribution is -2.45. The predicted octanol–water partition coefficient (Wildman–Crippen LogP) is 5.58. The zero-order valence-electron chi connectivity index (χ0n) is 15.8. The lowest BCUT2D eigenvalue weighted by molar-refractivity contribution is -0.274. The fraction of sp³-hybridized carbons (Fsp3) is 0.368. The van der Waals surface area contributed by atoms with E-state index in [0.717, 1.165) is 24.3 Å². The molecule has 1 N–H and O–H groups in total. The molecule has 1 aliphatic heterocycles. The molecule has 12 heteroatoms. The summed E-state index contributed by atoms with van der Waals surface area (Å²) < 4.78 is 94.2. The van der Waals surface area contributed by atoms with Gasteiger partial charge in [-0.3, -0.25) is 4.90 Å². The molecule has 0 radical (unpaired) electrons. The van der Waals surface area contributed by atoms with Crippen LogP contribution in [0.25, 0.3) is 0 Å². The first-order valence-electron chi connectivity index (χ1n) is 8.72. The molecule has 0 amide bonds. The van der Waals surface area contributed by atoms with E-state index in [1.807, 2.05) is 4.90 Å². The van der Waals surface area contributed by atoms with Crippen molar-refractivity contribution in [2.24, 2.45) is 0 Å². The molecule has 0 aliphatic carbocycles. The van der Waals surface area contributed by atoms with Crippen molar-refractivity contribution in [3.63, 3.8) is 0 Å². The Morgan fingerprint density at radius 2 is 1.45 bits per heavy atom. The molecule has 3 nitrogen and oxygen atoms in total. The van der Waals surface area contributed by atoms with Crippen LogP contribution >= 0.6 is 24.8 Å². The average Bonchev–Trinajstić information content (AvgIpc) is 2.63. The number of alkyl halides is 6. The fourth-order valence-corrected chi connectivity index (χ4v) is 3.30. The van der Waals surface area contributed by atoms with Crippen LogP contribution in [0.3, 0.4) is 0 Å². The van der Waals surface area contributed by atoms with E-state index in [2.05, 4.69) is 10.1 Å². The molecule has 1 fully saturated rings. The number of piperazine rings is 1. The Morgan fingerprint density at radius 3 is 1.94 bits per heavy atom. The monoisotopic (exact) mass is 494 g/mol. The van der Waals surface area contributed by atoms with E-state index in [4.69, 9.17) is 0 Å². The Bertz CT molecular complexity index is 839. The van der Waals surface area contributed by atoms with Gasteiger partial charge >= 0.3 is 12.5 Å². The number of ether oxygens (including phenoxy) is 1. The van der Waals surface area contributed by atoms with Crippen LogP contribution in [0.5, 0.6) is 5.75 Å². The Morgan fingerprint density at radius 1 is 0.871 bits per heavy atom. The summed E-state index contributed by atoms with van der Waals surface area (Å²) in [5.41, 5.74) is -0.642. The maximum Gasteiger partial charge on any atom is 0.573 e. The minimum absolute atomic E-state index is 0. The van der Waals surface area contributed by atoms with Gasteiger partial charge in [-0.1, -0.05) is 18.2 Å². The van der Waals surface area contributed by atoms with Crippen LogP contribution in [-0.2, 0) is 6.18 Å². The molecular weight excluding hydrogens is 476 g/mol. The normalized spacial score (nSPS) is 16.1. The van der Waals surface area contributed by atoms with Crippen molar-refractivity contribution in [2.45, 2.75) is 18.6 Å². The Labute approximate surface area is 186 Å². The number of rotatable bonds is 4. The summed E-state index contributed by atoms with van der Waals surface area (Å²) >= 11 is 0. The molecule has 31 heavy (non-hydrogen) atoms. The van der Waals surface area contributed by atoms with E-state index in [1.165, 1.54) is 12.1 Å². The minimum atomic E-state index is -4.85. The molecule has 1 heterocycles. The van der Waals surface area contributed by atoms with Gasteiger partial charge in [0.1, 0.15) is 11.6 Å². The highest BCUT2D eigenvalue weighted by Gasteiger charge is 2.34. The first-order chi connectivity index (χ1) is 13.5. The van der Waals surface area contributed by atoms with E-state index < -0.39 is 35.7 Å². The molecule has 174 valence electrons. The van der Waals surface area contributed by atoms with Gasteiger partial charge in [0.15, 0.2) is 0 Å². The number of nitrogens with one attached hydrogen (secondary N) is 1. The highest BCUT2D eigenvalue weighted by Crippen LogP contribution is 2.36. The smallest absolute Gasteiger partial charge is 0.406 e. The molecule has 0 saturated carbocycles. The summed E-state index contributed by atoms with van der Waals surface area (Å²) in [7, 11) is 0. The maximum absolute atomic E-state index is 14.7. The van der Waals surface area contributed by atoms with Gasteiger partial charge in [-0.15, -0.1) is 38.0 Å². The van der Waals surface area contributed by atoms with Gasteiger partial charge in [-0.05, 0) is 29.8 Å². The van der Waals surface area contributed by atoms with Crippen molar-refractivity contribution in [1.82, 2.24) is 10.2 Å². The van der Waals surface area contributed by atoms with Crippen molar-refractivity contribution in [3.8, 4) is 5.75 Å². The van der Waals surface area contributed by atoms with E-state index in [9.17, 15) is 30.7 Å². The van der Waals surface area contributed by atoms with Crippen LogP contribution in [0.4, 0.5) is 30.7 Å². The van der Waals surface area contributed by atoms with E-state index in [-0.39, 0.29) is 30.4 Å². The summed E-state index contributed by atoms with van der Waals surface area (Å²) in [4.78, 5) is 1.86. The van der Waals surface area contributed by atoms with Gasteiger partial charge in [0.2, 0.25) is 0 Å². The highest BCUT2D eigenvalue weighted by molar-refractivity contribution is 5.85. The second-order valence-electron chi connectivity index (χ2n) is 6.54. The van der Waals surface area contributed by atoms with Crippen LogP contribution in [0.2, 0.25) is 0 Å². The van der Waals surface area contributed by atoms with Crippen LogP contribution in [0.15, 0.2) is 42.5 Å². The second-order valence-corrected chi connectivity index (χ2v) is 6.54. The molecule has 1 saturated heterocycles. The molecular formula is C19H19Cl2F7N2O. The molecule has 2 aromatic rings. The van der Waals surface area contributed by atoms with Crippen LogP contribution in [0.1, 0.15) is 22.7 Å². The van der Waals surface area contributed by atoms with E-state index >= 15 is 0 Å². The lowest BCUT2D eigenvalue weighted by Gasteiger charge is -2.36. The average molecular weight is 495 g/mol. The summed E-state index contributed by atoms with van der Waals surface area (Å²) in [6.07, 6.45) is -9.53. The van der Waals surface area contributed by atoms with Crippen molar-refractivity contribution in [1.29, 1.82) is 0 Å². The Hall–Kier alpha value is -1.75. The van der Waals surface area contributed by atoms with Gasteiger partial charge < -0.3 is 10.1 Å². The number of halogens is 9. The fourth-order valence-electron chi connectivity index (χ4n) is 3.30. The number of benzene rings is 2. The number of hydrogen-bond acceptors (Lipinski definition) is 3. The highest BCUT2D eigenvalue weighted by atomic mass is 35.5. The Kier molecular flexibility index (Phi) is 9.43. The van der Waals surface area contributed by atoms with Crippen molar-refractivity contribution in [3.05, 3.63) is 65.0 Å². The van der Waals surface area contributed by atoms with Crippen LogP contribution < -0.4 is 10.1 Å². The third-order valence-corrected chi connectivity index (χ3v) is 4.57. The van der Waals surface area contributed by atoms with Gasteiger partial charge in [0.25, 0.3) is 0 Å². The van der Waals surface area contributed by atoms with E-state index in [1.54, 1.807) is 0 Å². The standard InChI is InChI=1S/C19H17F7N2O.2ClH/c20-16-11-13(18(21,22)23)3-6-15(16)17(28-9-7-27-8-10-28)12-1-4-14(5-2-12)29-19(24,25)26;;/h1-6,11,17,27H,7-10H2;2*1H/t17-;;/m0../s1. The van der Waals surface area contributed by atoms with Crippen molar-refractivity contribution < 1.29 is 35.5 Å². The third-order valence-electron chi connectivity index (χ3n) is 4.57. The second kappa shape index (κ2) is 10.7. The molecule has 1 aliphatic rings. The van der Waals surface area contributed by atoms with E-state index in [0.29, 0.717) is 37.8 Å². The predicted molar refractivity (Wildman–Crippen MR) is 105 cm³/mol. The van der Waals surface area contributed by atoms with Crippen LogP contribution in [-0.4, -0.2) is 37.4 Å². The lowest BCUT2D eigenvalue weighted by atomic mass is 9.94. The van der Waals surface area contributed by atoms with Gasteiger partial charge in [0.05, 0.1) is 11.6 Å². The molecule has 0 aromatic heterocycles.